The smallest absolute Gasteiger partial charge is 0.263 e. The second kappa shape index (κ2) is 6.99. The predicted molar refractivity (Wildman–Crippen MR) is 95.9 cm³/mol. The lowest BCUT2D eigenvalue weighted by Crippen LogP contribution is -2.23. The summed E-state index contributed by atoms with van der Waals surface area (Å²) < 4.78 is 37.9. The first-order valence-electron chi connectivity index (χ1n) is 8.63. The van der Waals surface area contributed by atoms with Gasteiger partial charge in [-0.25, -0.2) is 8.42 Å². The first kappa shape index (κ1) is 16.9. The summed E-state index contributed by atoms with van der Waals surface area (Å²) in [6.07, 6.45) is 5.97. The number of fused-ring (bicyclic) bond motifs is 1. The predicted octanol–water partition coefficient (Wildman–Crippen LogP) is 2.75. The molecule has 2 aliphatic rings. The van der Waals surface area contributed by atoms with E-state index >= 15 is 0 Å². The van der Waals surface area contributed by atoms with Crippen molar-refractivity contribution in [1.29, 1.82) is 0 Å². The summed E-state index contributed by atoms with van der Waals surface area (Å²) in [5, 5.41) is 11.4. The molecule has 1 aromatic heterocycles. The topological polar surface area (TPSA) is 102 Å². The Hall–Kier alpha value is -2.55. The second-order valence-electron chi connectivity index (χ2n) is 6.40. The number of benzene rings is 1. The van der Waals surface area contributed by atoms with Crippen LogP contribution in [0.2, 0.25) is 0 Å². The zero-order chi connectivity index (χ0) is 18.0. The summed E-state index contributed by atoms with van der Waals surface area (Å²) in [4.78, 5) is 0.0768. The van der Waals surface area contributed by atoms with Crippen molar-refractivity contribution in [3.05, 3.63) is 30.3 Å². The molecule has 1 aromatic carbocycles. The van der Waals surface area contributed by atoms with E-state index in [1.54, 1.807) is 18.2 Å². The molecule has 0 bridgehead atoms. The van der Waals surface area contributed by atoms with E-state index in [0.717, 1.165) is 12.8 Å². The van der Waals surface area contributed by atoms with Gasteiger partial charge in [0, 0.05) is 12.1 Å². The molecular weight excluding hydrogens is 356 g/mol. The van der Waals surface area contributed by atoms with Crippen LogP contribution in [0.3, 0.4) is 0 Å². The third-order valence-corrected chi connectivity index (χ3v) is 5.87. The van der Waals surface area contributed by atoms with Crippen molar-refractivity contribution in [2.75, 3.05) is 16.8 Å². The van der Waals surface area contributed by atoms with Crippen molar-refractivity contribution in [3.8, 4) is 11.5 Å². The van der Waals surface area contributed by atoms with Crippen molar-refractivity contribution >= 4 is 21.7 Å². The van der Waals surface area contributed by atoms with Crippen LogP contribution in [0.4, 0.5) is 11.6 Å². The molecule has 8 nitrogen and oxygen atoms in total. The highest BCUT2D eigenvalue weighted by molar-refractivity contribution is 7.92. The van der Waals surface area contributed by atoms with E-state index in [-0.39, 0.29) is 17.5 Å². The van der Waals surface area contributed by atoms with Gasteiger partial charge < -0.3 is 14.8 Å². The molecule has 2 N–H and O–H groups in total. The van der Waals surface area contributed by atoms with E-state index in [0.29, 0.717) is 23.4 Å². The fourth-order valence-electron chi connectivity index (χ4n) is 3.16. The normalized spacial score (nSPS) is 17.1. The Morgan fingerprint density at radius 3 is 2.42 bits per heavy atom. The molecule has 0 amide bonds. The van der Waals surface area contributed by atoms with Crippen LogP contribution in [0.5, 0.6) is 11.5 Å². The summed E-state index contributed by atoms with van der Waals surface area (Å²) in [6, 6.07) is 8.20. The van der Waals surface area contributed by atoms with Crippen LogP contribution in [0.15, 0.2) is 35.2 Å². The van der Waals surface area contributed by atoms with Gasteiger partial charge in [-0.15, -0.1) is 10.2 Å². The third-order valence-electron chi connectivity index (χ3n) is 4.51. The summed E-state index contributed by atoms with van der Waals surface area (Å²) in [5.41, 5.74) is 0. The number of nitrogens with one attached hydrogen (secondary N) is 2. The van der Waals surface area contributed by atoms with E-state index < -0.39 is 10.0 Å². The van der Waals surface area contributed by atoms with Gasteiger partial charge in [0.15, 0.2) is 17.3 Å². The highest BCUT2D eigenvalue weighted by Gasteiger charge is 2.21. The molecule has 1 aliphatic heterocycles. The molecule has 1 aliphatic carbocycles. The van der Waals surface area contributed by atoms with Gasteiger partial charge in [0.05, 0.1) is 4.90 Å². The van der Waals surface area contributed by atoms with Crippen LogP contribution in [0.1, 0.15) is 32.1 Å². The van der Waals surface area contributed by atoms with Gasteiger partial charge in [-0.1, -0.05) is 19.3 Å². The fraction of sp³-hybridized carbons (Fsp3) is 0.412. The van der Waals surface area contributed by atoms with Gasteiger partial charge in [-0.2, -0.15) is 0 Å². The van der Waals surface area contributed by atoms with Crippen LogP contribution < -0.4 is 19.5 Å². The molecule has 0 unspecified atom stereocenters. The third kappa shape index (κ3) is 3.67. The maximum Gasteiger partial charge on any atom is 0.263 e. The highest BCUT2D eigenvalue weighted by atomic mass is 32.2. The van der Waals surface area contributed by atoms with Crippen LogP contribution in [-0.4, -0.2) is 31.4 Å². The minimum Gasteiger partial charge on any atom is -0.454 e. The molecule has 1 fully saturated rings. The van der Waals surface area contributed by atoms with Crippen LogP contribution >= 0.6 is 0 Å². The van der Waals surface area contributed by atoms with E-state index in [4.69, 9.17) is 9.47 Å². The van der Waals surface area contributed by atoms with Gasteiger partial charge in [0.1, 0.15) is 5.82 Å². The quantitative estimate of drug-likeness (QED) is 0.827. The number of sulfonamides is 1. The van der Waals surface area contributed by atoms with Gasteiger partial charge in [0.2, 0.25) is 6.79 Å². The zero-order valence-corrected chi connectivity index (χ0v) is 15.0. The average molecular weight is 376 g/mol. The van der Waals surface area contributed by atoms with Crippen molar-refractivity contribution in [2.45, 2.75) is 43.0 Å². The molecule has 1 saturated carbocycles. The maximum absolute atomic E-state index is 12.5. The number of aromatic nitrogens is 2. The Kier molecular flexibility index (Phi) is 4.54. The Morgan fingerprint density at radius 2 is 1.65 bits per heavy atom. The number of anilines is 2. The van der Waals surface area contributed by atoms with Gasteiger partial charge in [0.25, 0.3) is 10.0 Å². The molecule has 2 heterocycles. The minimum absolute atomic E-state index is 0.0768. The van der Waals surface area contributed by atoms with Gasteiger partial charge in [-0.05, 0) is 37.1 Å². The molecule has 2 aromatic rings. The zero-order valence-electron chi connectivity index (χ0n) is 14.1. The molecule has 9 heteroatoms. The maximum atomic E-state index is 12.5. The van der Waals surface area contributed by atoms with Crippen molar-refractivity contribution in [3.63, 3.8) is 0 Å². The van der Waals surface area contributed by atoms with E-state index in [1.807, 2.05) is 0 Å². The van der Waals surface area contributed by atoms with Crippen LogP contribution in [0.25, 0.3) is 0 Å². The summed E-state index contributed by atoms with van der Waals surface area (Å²) in [6.45, 7) is 0.0905. The molecule has 0 radical (unpaired) electrons. The summed E-state index contributed by atoms with van der Waals surface area (Å²) in [5.74, 6) is 1.76. The Labute approximate surface area is 152 Å². The van der Waals surface area contributed by atoms with Crippen molar-refractivity contribution in [1.82, 2.24) is 10.2 Å². The first-order valence-corrected chi connectivity index (χ1v) is 10.1. The first-order chi connectivity index (χ1) is 12.6. The number of hydrogen-bond acceptors (Lipinski definition) is 7. The lowest BCUT2D eigenvalue weighted by molar-refractivity contribution is 0.174. The molecule has 0 atom stereocenters. The summed E-state index contributed by atoms with van der Waals surface area (Å²) in [7, 11) is -3.78. The van der Waals surface area contributed by atoms with Crippen molar-refractivity contribution in [2.24, 2.45) is 0 Å². The Balaban J connectivity index is 1.44. The van der Waals surface area contributed by atoms with E-state index in [9.17, 15) is 8.42 Å². The van der Waals surface area contributed by atoms with Crippen LogP contribution in [-0.2, 0) is 10.0 Å². The largest absolute Gasteiger partial charge is 0.454 e. The fourth-order valence-corrected chi connectivity index (χ4v) is 4.17. The number of rotatable bonds is 5. The molecule has 0 saturated heterocycles. The SMILES string of the molecule is O=S(=O)(Nc1ccc(NC2CCCCC2)nn1)c1ccc2c(c1)OCO2. The highest BCUT2D eigenvalue weighted by Crippen LogP contribution is 2.34. The lowest BCUT2D eigenvalue weighted by Gasteiger charge is -2.22. The van der Waals surface area contributed by atoms with Gasteiger partial charge in [-0.3, -0.25) is 4.72 Å². The number of nitrogens with zero attached hydrogens (tertiary/aromatic N) is 2. The van der Waals surface area contributed by atoms with E-state index in [2.05, 4.69) is 20.2 Å². The monoisotopic (exact) mass is 376 g/mol. The Bertz CT molecular complexity index is 880. The Morgan fingerprint density at radius 1 is 0.923 bits per heavy atom. The summed E-state index contributed by atoms with van der Waals surface area (Å²) >= 11 is 0. The number of hydrogen-bond donors (Lipinski definition) is 2. The van der Waals surface area contributed by atoms with Crippen LogP contribution in [0, 0.1) is 0 Å². The molecule has 4 rings (SSSR count). The van der Waals surface area contributed by atoms with Crippen molar-refractivity contribution < 1.29 is 17.9 Å². The second-order valence-corrected chi connectivity index (χ2v) is 8.09. The molecule has 138 valence electrons. The van der Waals surface area contributed by atoms with Gasteiger partial charge >= 0.3 is 0 Å². The number of ether oxygens (including phenoxy) is 2. The molecule has 0 spiro atoms. The average Bonchev–Trinajstić information content (AvgIpc) is 3.12. The standard InChI is InChI=1S/C17H20N4O4S/c22-26(23,13-6-7-14-15(10-13)25-11-24-14)21-17-9-8-16(19-20-17)18-12-4-2-1-3-5-12/h6-10,12H,1-5,11H2,(H,18,19)(H,20,21). The van der Waals surface area contributed by atoms with E-state index in [1.165, 1.54) is 31.4 Å². The molecule has 26 heavy (non-hydrogen) atoms. The lowest BCUT2D eigenvalue weighted by atomic mass is 9.95. The minimum atomic E-state index is -3.78. The molecular formula is C17H20N4O4S.